The van der Waals surface area contributed by atoms with E-state index in [1.165, 1.54) is 13.2 Å². The molecular formula is C26H38BF3O9S. The van der Waals surface area contributed by atoms with Crippen molar-refractivity contribution in [2.75, 3.05) is 14.2 Å². The molecule has 3 rings (SSSR count). The van der Waals surface area contributed by atoms with Gasteiger partial charge in [-0.2, -0.15) is 21.6 Å². The van der Waals surface area contributed by atoms with E-state index in [1.54, 1.807) is 25.3 Å². The van der Waals surface area contributed by atoms with Crippen LogP contribution in [-0.2, 0) is 19.4 Å². The largest absolute Gasteiger partial charge is 0.534 e. The van der Waals surface area contributed by atoms with E-state index in [-0.39, 0.29) is 39.9 Å². The van der Waals surface area contributed by atoms with Crippen LogP contribution in [0.1, 0.15) is 70.7 Å². The summed E-state index contributed by atoms with van der Waals surface area (Å²) in [5.41, 5.74) is -5.52. The van der Waals surface area contributed by atoms with Crippen molar-refractivity contribution in [1.29, 1.82) is 0 Å². The minimum Gasteiger partial charge on any atom is -0.497 e. The summed E-state index contributed by atoms with van der Waals surface area (Å²) in [6.07, 6.45) is 0.973. The molecule has 0 aliphatic carbocycles. The van der Waals surface area contributed by atoms with Gasteiger partial charge in [0.2, 0.25) is 0 Å². The number of methoxy groups -OCH3 is 2. The lowest BCUT2D eigenvalue weighted by molar-refractivity contribution is -0.0500. The van der Waals surface area contributed by atoms with E-state index in [4.69, 9.17) is 14.0 Å². The Labute approximate surface area is 235 Å². The lowest BCUT2D eigenvalue weighted by atomic mass is 9.76. The highest BCUT2D eigenvalue weighted by atomic mass is 32.2. The Bertz CT molecular complexity index is 1230. The fourth-order valence-electron chi connectivity index (χ4n) is 2.94. The second-order valence-corrected chi connectivity index (χ2v) is 10.2. The number of aldehydes is 2. The average Bonchev–Trinajstić information content (AvgIpc) is 3.04. The van der Waals surface area contributed by atoms with Gasteiger partial charge in [-0.1, -0.05) is 22.3 Å². The summed E-state index contributed by atoms with van der Waals surface area (Å²) in [5, 5.41) is 0. The third kappa shape index (κ3) is 8.70. The van der Waals surface area contributed by atoms with Crippen molar-refractivity contribution in [3.05, 3.63) is 47.5 Å². The molecule has 0 radical (unpaired) electrons. The number of carbonyl (C=O) groups is 2. The van der Waals surface area contributed by atoms with Crippen molar-refractivity contribution in [3.63, 3.8) is 0 Å². The number of benzene rings is 2. The maximum atomic E-state index is 12.1. The van der Waals surface area contributed by atoms with Crippen LogP contribution >= 0.6 is 0 Å². The SMILES string of the molecule is C.C.C.COc1ccc(C=O)c(B2OC(C)(C)C(C)(C)O2)c1.COc1ccc(C=O)c(OS(=O)(=O)C(F)(F)F)c1. The first-order chi connectivity index (χ1) is 17.0. The highest BCUT2D eigenvalue weighted by molar-refractivity contribution is 7.88. The summed E-state index contributed by atoms with van der Waals surface area (Å²) in [4.78, 5) is 21.7. The second kappa shape index (κ2) is 14.5. The Morgan fingerprint density at radius 3 is 1.62 bits per heavy atom. The minimum absolute atomic E-state index is 0. The van der Waals surface area contributed by atoms with E-state index in [9.17, 15) is 31.2 Å². The third-order valence-corrected chi connectivity index (χ3v) is 6.72. The Balaban J connectivity index is 0. The fraction of sp³-hybridized carbons (Fsp3) is 0.462. The van der Waals surface area contributed by atoms with Crippen LogP contribution in [-0.4, -0.2) is 59.0 Å². The lowest BCUT2D eigenvalue weighted by Crippen LogP contribution is -2.41. The maximum Gasteiger partial charge on any atom is 0.534 e. The van der Waals surface area contributed by atoms with E-state index in [2.05, 4.69) is 8.92 Å². The molecule has 1 fully saturated rings. The highest BCUT2D eigenvalue weighted by Gasteiger charge is 2.52. The number of alkyl halides is 3. The molecule has 0 bridgehead atoms. The van der Waals surface area contributed by atoms with Gasteiger partial charge >= 0.3 is 22.7 Å². The first-order valence-electron chi connectivity index (χ1n) is 10.6. The zero-order valence-corrected chi connectivity index (χ0v) is 21.7. The second-order valence-electron chi connectivity index (χ2n) is 8.71. The molecular weight excluding hydrogens is 556 g/mol. The Kier molecular flexibility index (Phi) is 14.2. The van der Waals surface area contributed by atoms with Gasteiger partial charge in [-0.15, -0.1) is 0 Å². The molecule has 9 nitrogen and oxygen atoms in total. The predicted molar refractivity (Wildman–Crippen MR) is 148 cm³/mol. The van der Waals surface area contributed by atoms with E-state index in [0.717, 1.165) is 18.4 Å². The molecule has 226 valence electrons. The predicted octanol–water partition coefficient (Wildman–Crippen LogP) is 5.45. The maximum absolute atomic E-state index is 12.1. The Morgan fingerprint density at radius 2 is 1.23 bits per heavy atom. The van der Waals surface area contributed by atoms with Crippen LogP contribution in [0.25, 0.3) is 0 Å². The Hall–Kier alpha value is -3.10. The van der Waals surface area contributed by atoms with Crippen molar-refractivity contribution >= 4 is 35.3 Å². The van der Waals surface area contributed by atoms with Crippen LogP contribution < -0.4 is 19.1 Å². The van der Waals surface area contributed by atoms with Crippen LogP contribution in [0.15, 0.2) is 36.4 Å². The minimum atomic E-state index is -5.82. The average molecular weight is 594 g/mol. The number of hydrogen-bond donors (Lipinski definition) is 0. The van der Waals surface area contributed by atoms with E-state index in [0.29, 0.717) is 16.8 Å². The molecule has 1 aliphatic heterocycles. The zero-order chi connectivity index (χ0) is 28.2. The fourth-order valence-corrected chi connectivity index (χ4v) is 3.41. The first-order valence-corrected chi connectivity index (χ1v) is 12.1. The smallest absolute Gasteiger partial charge is 0.497 e. The summed E-state index contributed by atoms with van der Waals surface area (Å²) >= 11 is 0. The molecule has 0 unspecified atom stereocenters. The van der Waals surface area contributed by atoms with Gasteiger partial charge in [0, 0.05) is 11.6 Å². The zero-order valence-electron chi connectivity index (χ0n) is 20.9. The number of ether oxygens (including phenoxy) is 2. The monoisotopic (exact) mass is 594 g/mol. The lowest BCUT2D eigenvalue weighted by Gasteiger charge is -2.32. The van der Waals surface area contributed by atoms with Gasteiger partial charge < -0.3 is 23.0 Å². The van der Waals surface area contributed by atoms with E-state index in [1.807, 2.05) is 27.7 Å². The molecule has 1 heterocycles. The van der Waals surface area contributed by atoms with Crippen LogP contribution in [0.3, 0.4) is 0 Å². The van der Waals surface area contributed by atoms with Gasteiger partial charge in [0.25, 0.3) is 0 Å². The van der Waals surface area contributed by atoms with Crippen LogP contribution in [0.5, 0.6) is 17.2 Å². The molecule has 0 saturated carbocycles. The van der Waals surface area contributed by atoms with E-state index < -0.39 is 39.7 Å². The Morgan fingerprint density at radius 1 is 0.800 bits per heavy atom. The number of rotatable bonds is 7. The van der Waals surface area contributed by atoms with Crippen molar-refractivity contribution in [3.8, 4) is 17.2 Å². The molecule has 14 heteroatoms. The standard InChI is InChI=1S/C14H19BO4.C9H7F3O5S.3CH4/c1-13(2)14(3,4)19-15(18-13)12-8-11(17-5)7-6-10(12)9-16;1-16-7-3-2-6(5-13)8(4-7)17-18(14,15)9(10,11)12;;;/h6-9H,1-5H3;2-5H,1H3;3*1H4. The van der Waals surface area contributed by atoms with Crippen molar-refractivity contribution in [1.82, 2.24) is 0 Å². The molecule has 0 aromatic heterocycles. The van der Waals surface area contributed by atoms with Crippen molar-refractivity contribution in [2.24, 2.45) is 0 Å². The molecule has 0 spiro atoms. The van der Waals surface area contributed by atoms with Crippen molar-refractivity contribution in [2.45, 2.75) is 66.7 Å². The van der Waals surface area contributed by atoms with Crippen LogP contribution in [0.4, 0.5) is 13.2 Å². The topological polar surface area (TPSA) is 114 Å². The summed E-state index contributed by atoms with van der Waals surface area (Å²) in [7, 11) is -3.57. The molecule has 0 N–H and O–H groups in total. The van der Waals surface area contributed by atoms with Crippen LogP contribution in [0.2, 0.25) is 0 Å². The summed E-state index contributed by atoms with van der Waals surface area (Å²) in [5.74, 6) is -0.0232. The van der Waals surface area contributed by atoms with Gasteiger partial charge in [-0.3, -0.25) is 9.59 Å². The normalized spacial score (nSPS) is 15.1. The van der Waals surface area contributed by atoms with Gasteiger partial charge in [0.1, 0.15) is 17.8 Å². The van der Waals surface area contributed by atoms with Gasteiger partial charge in [0.05, 0.1) is 31.0 Å². The summed E-state index contributed by atoms with van der Waals surface area (Å²) in [6.45, 7) is 7.92. The number of halogens is 3. The molecule has 40 heavy (non-hydrogen) atoms. The highest BCUT2D eigenvalue weighted by Crippen LogP contribution is 2.37. The number of carbonyl (C=O) groups excluding carboxylic acids is 2. The third-order valence-electron chi connectivity index (χ3n) is 5.76. The molecule has 2 aromatic carbocycles. The number of hydrogen-bond acceptors (Lipinski definition) is 9. The molecule has 1 aliphatic rings. The summed E-state index contributed by atoms with van der Waals surface area (Å²) in [6, 6.07) is 8.47. The summed E-state index contributed by atoms with van der Waals surface area (Å²) < 4.78 is 83.5. The molecule has 2 aromatic rings. The first kappa shape index (κ1) is 39.0. The van der Waals surface area contributed by atoms with Gasteiger partial charge in [0.15, 0.2) is 12.0 Å². The van der Waals surface area contributed by atoms with E-state index >= 15 is 0 Å². The van der Waals surface area contributed by atoms with Crippen molar-refractivity contribution < 1.29 is 54.1 Å². The van der Waals surface area contributed by atoms with Crippen LogP contribution in [0, 0.1) is 0 Å². The van der Waals surface area contributed by atoms with Gasteiger partial charge in [-0.25, -0.2) is 0 Å². The molecule has 0 amide bonds. The van der Waals surface area contributed by atoms with Gasteiger partial charge in [-0.05, 0) is 63.5 Å². The molecule has 0 atom stereocenters. The quantitative estimate of drug-likeness (QED) is 0.179. The molecule has 1 saturated heterocycles.